The van der Waals surface area contributed by atoms with Gasteiger partial charge in [0.1, 0.15) is 5.69 Å². The molecule has 0 aliphatic rings. The van der Waals surface area contributed by atoms with Gasteiger partial charge in [0.25, 0.3) is 0 Å². The van der Waals surface area contributed by atoms with Crippen LogP contribution in [0.4, 0.5) is 0 Å². The summed E-state index contributed by atoms with van der Waals surface area (Å²) in [6.07, 6.45) is 3.31. The molecule has 0 spiro atoms. The fraction of sp³-hybridized carbons (Fsp3) is 0.364. The van der Waals surface area contributed by atoms with Crippen LogP contribution in [0.2, 0.25) is 0 Å². The van der Waals surface area contributed by atoms with E-state index in [9.17, 15) is 0 Å². The van der Waals surface area contributed by atoms with Crippen molar-refractivity contribution in [1.82, 2.24) is 19.7 Å². The van der Waals surface area contributed by atoms with Gasteiger partial charge < -0.3 is 10.5 Å². The first-order valence-electron chi connectivity index (χ1n) is 5.31. The molecule has 0 aliphatic carbocycles. The molecule has 2 heterocycles. The van der Waals surface area contributed by atoms with E-state index in [1.54, 1.807) is 17.1 Å². The summed E-state index contributed by atoms with van der Waals surface area (Å²) in [6.45, 7) is 4.24. The van der Waals surface area contributed by atoms with Crippen LogP contribution in [0, 0.1) is 13.8 Å². The van der Waals surface area contributed by atoms with Gasteiger partial charge in [0.2, 0.25) is 0 Å². The highest BCUT2D eigenvalue weighted by Gasteiger charge is 2.12. The van der Waals surface area contributed by atoms with Crippen LogP contribution in [-0.2, 0) is 13.6 Å². The molecule has 6 heteroatoms. The molecule has 17 heavy (non-hydrogen) atoms. The minimum atomic E-state index is 0.307. The van der Waals surface area contributed by atoms with Crippen LogP contribution in [0.25, 0.3) is 0 Å². The SMILES string of the molecule is Cc1nn(C)c(C)c1Oc1ncc(CN)cn1. The van der Waals surface area contributed by atoms with E-state index in [4.69, 9.17) is 10.5 Å². The van der Waals surface area contributed by atoms with Crippen LogP contribution >= 0.6 is 0 Å². The largest absolute Gasteiger partial charge is 0.420 e. The second-order valence-corrected chi connectivity index (χ2v) is 3.80. The molecule has 2 rings (SSSR count). The average Bonchev–Trinajstić information content (AvgIpc) is 2.57. The molecule has 0 aliphatic heterocycles. The lowest BCUT2D eigenvalue weighted by molar-refractivity contribution is 0.434. The molecule has 6 nitrogen and oxygen atoms in total. The van der Waals surface area contributed by atoms with Crippen molar-refractivity contribution < 1.29 is 4.74 Å². The second kappa shape index (κ2) is 4.50. The molecule has 2 aromatic heterocycles. The first kappa shape index (κ1) is 11.5. The van der Waals surface area contributed by atoms with Gasteiger partial charge in [0.05, 0.1) is 5.69 Å². The summed E-state index contributed by atoms with van der Waals surface area (Å²) in [5.74, 6) is 0.702. The minimum absolute atomic E-state index is 0.307. The van der Waals surface area contributed by atoms with Crippen molar-refractivity contribution in [3.05, 3.63) is 29.3 Å². The van der Waals surface area contributed by atoms with E-state index in [-0.39, 0.29) is 0 Å². The summed E-state index contributed by atoms with van der Waals surface area (Å²) >= 11 is 0. The van der Waals surface area contributed by atoms with Crippen molar-refractivity contribution in [3.63, 3.8) is 0 Å². The first-order valence-corrected chi connectivity index (χ1v) is 5.31. The average molecular weight is 233 g/mol. The van der Waals surface area contributed by atoms with E-state index >= 15 is 0 Å². The highest BCUT2D eigenvalue weighted by molar-refractivity contribution is 5.33. The lowest BCUT2D eigenvalue weighted by Gasteiger charge is -2.04. The Morgan fingerprint density at radius 3 is 2.41 bits per heavy atom. The summed E-state index contributed by atoms with van der Waals surface area (Å²) in [6, 6.07) is 0.307. The maximum absolute atomic E-state index is 5.61. The fourth-order valence-electron chi connectivity index (χ4n) is 1.49. The van der Waals surface area contributed by atoms with E-state index in [0.717, 1.165) is 17.0 Å². The summed E-state index contributed by atoms with van der Waals surface area (Å²) < 4.78 is 7.38. The second-order valence-electron chi connectivity index (χ2n) is 3.80. The van der Waals surface area contributed by atoms with Crippen molar-refractivity contribution in [2.75, 3.05) is 0 Å². The molecule has 0 atom stereocenters. The minimum Gasteiger partial charge on any atom is -0.420 e. The standard InChI is InChI=1S/C11H15N5O/c1-7-10(8(2)16(3)15-7)17-11-13-5-9(4-12)6-14-11/h5-6H,4,12H2,1-3H3. The van der Waals surface area contributed by atoms with Crippen LogP contribution in [0.15, 0.2) is 12.4 Å². The Bertz CT molecular complexity index is 517. The van der Waals surface area contributed by atoms with Crippen LogP contribution in [0.5, 0.6) is 11.8 Å². The zero-order valence-corrected chi connectivity index (χ0v) is 10.1. The molecule has 0 fully saturated rings. The van der Waals surface area contributed by atoms with Gasteiger partial charge in [-0.2, -0.15) is 5.10 Å². The van der Waals surface area contributed by atoms with Gasteiger partial charge in [0.15, 0.2) is 5.75 Å². The molecule has 0 saturated heterocycles. The first-order chi connectivity index (χ1) is 8.11. The number of nitrogens with two attached hydrogens (primary N) is 1. The third-order valence-corrected chi connectivity index (χ3v) is 2.55. The molecule has 0 unspecified atom stereocenters. The van der Waals surface area contributed by atoms with Crippen molar-refractivity contribution in [3.8, 4) is 11.8 Å². The van der Waals surface area contributed by atoms with Crippen LogP contribution in [-0.4, -0.2) is 19.7 Å². The van der Waals surface area contributed by atoms with Gasteiger partial charge in [-0.15, -0.1) is 0 Å². The molecule has 0 amide bonds. The molecular formula is C11H15N5O. The zero-order valence-electron chi connectivity index (χ0n) is 10.1. The summed E-state index contributed by atoms with van der Waals surface area (Å²) in [5.41, 5.74) is 8.10. The number of hydrogen-bond acceptors (Lipinski definition) is 5. The topological polar surface area (TPSA) is 78.8 Å². The van der Waals surface area contributed by atoms with E-state index in [1.807, 2.05) is 20.9 Å². The fourth-order valence-corrected chi connectivity index (χ4v) is 1.49. The van der Waals surface area contributed by atoms with E-state index in [1.165, 1.54) is 0 Å². The highest BCUT2D eigenvalue weighted by Crippen LogP contribution is 2.25. The van der Waals surface area contributed by atoms with Crippen molar-refractivity contribution in [1.29, 1.82) is 0 Å². The van der Waals surface area contributed by atoms with Gasteiger partial charge in [-0.05, 0) is 13.8 Å². The van der Waals surface area contributed by atoms with Crippen molar-refractivity contribution in [2.45, 2.75) is 20.4 Å². The molecular weight excluding hydrogens is 218 g/mol. The van der Waals surface area contributed by atoms with E-state index in [0.29, 0.717) is 18.3 Å². The van der Waals surface area contributed by atoms with Crippen molar-refractivity contribution >= 4 is 0 Å². The van der Waals surface area contributed by atoms with Crippen LogP contribution in [0.3, 0.4) is 0 Å². The maximum atomic E-state index is 5.61. The number of ether oxygens (including phenoxy) is 1. The number of aromatic nitrogens is 4. The maximum Gasteiger partial charge on any atom is 0.322 e. The summed E-state index contributed by atoms with van der Waals surface area (Å²) in [4.78, 5) is 8.17. The molecule has 90 valence electrons. The Kier molecular flexibility index (Phi) is 3.06. The van der Waals surface area contributed by atoms with Crippen LogP contribution < -0.4 is 10.5 Å². The molecule has 0 radical (unpaired) electrons. The molecule has 2 aromatic rings. The number of rotatable bonds is 3. The lowest BCUT2D eigenvalue weighted by Crippen LogP contribution is -2.00. The molecule has 0 bridgehead atoms. The normalized spacial score (nSPS) is 10.6. The summed E-state index contributed by atoms with van der Waals surface area (Å²) in [5, 5.41) is 4.26. The number of hydrogen-bond donors (Lipinski definition) is 1. The third-order valence-electron chi connectivity index (χ3n) is 2.55. The Labute approximate surface area is 99.4 Å². The predicted molar refractivity (Wildman–Crippen MR) is 62.7 cm³/mol. The highest BCUT2D eigenvalue weighted by atomic mass is 16.5. The van der Waals surface area contributed by atoms with Crippen molar-refractivity contribution in [2.24, 2.45) is 12.8 Å². The summed E-state index contributed by atoms with van der Waals surface area (Å²) in [7, 11) is 1.87. The zero-order chi connectivity index (χ0) is 12.4. The molecule has 0 saturated carbocycles. The molecule has 0 aromatic carbocycles. The van der Waals surface area contributed by atoms with Crippen LogP contribution in [0.1, 0.15) is 17.0 Å². The van der Waals surface area contributed by atoms with Gasteiger partial charge in [-0.1, -0.05) is 0 Å². The Morgan fingerprint density at radius 2 is 1.94 bits per heavy atom. The molecule has 2 N–H and O–H groups in total. The van der Waals surface area contributed by atoms with Gasteiger partial charge >= 0.3 is 6.01 Å². The quantitative estimate of drug-likeness (QED) is 0.858. The smallest absolute Gasteiger partial charge is 0.322 e. The van der Waals surface area contributed by atoms with Gasteiger partial charge in [-0.3, -0.25) is 4.68 Å². The van der Waals surface area contributed by atoms with E-state index in [2.05, 4.69) is 15.1 Å². The Morgan fingerprint density at radius 1 is 1.29 bits per heavy atom. The number of nitrogens with zero attached hydrogens (tertiary/aromatic N) is 4. The predicted octanol–water partition coefficient (Wildman–Crippen LogP) is 1.08. The Balaban J connectivity index is 2.25. The lowest BCUT2D eigenvalue weighted by atomic mass is 10.3. The van der Waals surface area contributed by atoms with Gasteiger partial charge in [0, 0.05) is 31.5 Å². The monoisotopic (exact) mass is 233 g/mol. The van der Waals surface area contributed by atoms with Gasteiger partial charge in [-0.25, -0.2) is 9.97 Å². The Hall–Kier alpha value is -1.95. The third kappa shape index (κ3) is 2.26. The van der Waals surface area contributed by atoms with E-state index < -0.39 is 0 Å². The number of aryl methyl sites for hydroxylation is 2.